The largest absolute Gasteiger partial charge is 0.478 e. The Morgan fingerprint density at radius 3 is 2.71 bits per heavy atom. The summed E-state index contributed by atoms with van der Waals surface area (Å²) in [6.45, 7) is 3.99. The van der Waals surface area contributed by atoms with E-state index in [2.05, 4.69) is 20.9 Å². The summed E-state index contributed by atoms with van der Waals surface area (Å²) in [6.07, 6.45) is 3.61. The number of pyridine rings is 1. The minimum absolute atomic E-state index is 0.212. The number of halogens is 1. The van der Waals surface area contributed by atoms with E-state index in [1.807, 2.05) is 32.0 Å². The van der Waals surface area contributed by atoms with E-state index in [0.29, 0.717) is 0 Å². The zero-order valence-electron chi connectivity index (χ0n) is 9.98. The molecule has 0 amide bonds. The average molecular weight is 298 g/mol. The highest BCUT2D eigenvalue weighted by atomic mass is 79.9. The lowest BCUT2D eigenvalue weighted by Crippen LogP contribution is -2.13. The summed E-state index contributed by atoms with van der Waals surface area (Å²) in [5.41, 5.74) is 1.75. The smallest absolute Gasteiger partial charge is 0.327 e. The minimum Gasteiger partial charge on any atom is -0.478 e. The summed E-state index contributed by atoms with van der Waals surface area (Å²) in [5.74, 6) is -0.916. The van der Waals surface area contributed by atoms with Crippen molar-refractivity contribution < 1.29 is 9.90 Å². The first-order chi connectivity index (χ1) is 7.93. The molecule has 1 heterocycles. The lowest BCUT2D eigenvalue weighted by atomic mass is 9.87. The normalized spacial score (nSPS) is 11.9. The van der Waals surface area contributed by atoms with Gasteiger partial charge in [0.05, 0.1) is 5.69 Å². The fourth-order valence-corrected chi connectivity index (χ4v) is 1.84. The standard InChI is InChI=1S/C13H16BrNO2/c1-13(2,7-6-12(16)17)8-10-4-3-5-11(9-14)15-10/h3-7H,8-9H2,1-2H3,(H,16,17). The van der Waals surface area contributed by atoms with Crippen LogP contribution in [-0.2, 0) is 16.5 Å². The SMILES string of the molecule is CC(C)(C=CC(=O)O)Cc1cccc(CBr)n1. The number of rotatable bonds is 5. The van der Waals surface area contributed by atoms with Crippen molar-refractivity contribution in [3.05, 3.63) is 41.7 Å². The van der Waals surface area contributed by atoms with Crippen molar-refractivity contribution in [1.82, 2.24) is 4.98 Å². The molecular weight excluding hydrogens is 282 g/mol. The van der Waals surface area contributed by atoms with Crippen LogP contribution in [0.5, 0.6) is 0 Å². The zero-order valence-corrected chi connectivity index (χ0v) is 11.6. The number of allylic oxidation sites excluding steroid dienone is 1. The van der Waals surface area contributed by atoms with Crippen LogP contribution in [0.4, 0.5) is 0 Å². The van der Waals surface area contributed by atoms with E-state index in [-0.39, 0.29) is 5.41 Å². The van der Waals surface area contributed by atoms with Gasteiger partial charge in [-0.2, -0.15) is 0 Å². The van der Waals surface area contributed by atoms with Crippen molar-refractivity contribution in [2.24, 2.45) is 5.41 Å². The summed E-state index contributed by atoms with van der Waals surface area (Å²) < 4.78 is 0. The highest BCUT2D eigenvalue weighted by molar-refractivity contribution is 9.08. The summed E-state index contributed by atoms with van der Waals surface area (Å²) in [6, 6.07) is 5.89. The quantitative estimate of drug-likeness (QED) is 0.671. The molecule has 0 aliphatic rings. The molecule has 0 radical (unpaired) electrons. The number of aliphatic carboxylic acids is 1. The van der Waals surface area contributed by atoms with Crippen molar-refractivity contribution in [2.75, 3.05) is 0 Å². The lowest BCUT2D eigenvalue weighted by Gasteiger charge is -2.19. The topological polar surface area (TPSA) is 50.2 Å². The highest BCUT2D eigenvalue weighted by Crippen LogP contribution is 2.22. The van der Waals surface area contributed by atoms with Gasteiger partial charge >= 0.3 is 5.97 Å². The molecule has 4 heteroatoms. The molecule has 1 rings (SSSR count). The molecule has 1 aromatic heterocycles. The number of carboxylic acids is 1. The van der Waals surface area contributed by atoms with Crippen molar-refractivity contribution in [3.63, 3.8) is 0 Å². The summed E-state index contributed by atoms with van der Waals surface area (Å²) in [5, 5.41) is 9.34. The second-order valence-corrected chi connectivity index (χ2v) is 5.15. The van der Waals surface area contributed by atoms with Gasteiger partial charge in [0.25, 0.3) is 0 Å². The number of nitrogens with zero attached hydrogens (tertiary/aromatic N) is 1. The third-order valence-corrected chi connectivity index (χ3v) is 2.89. The van der Waals surface area contributed by atoms with Crippen molar-refractivity contribution in [3.8, 4) is 0 Å². The molecule has 1 N–H and O–H groups in total. The fraction of sp³-hybridized carbons (Fsp3) is 0.385. The van der Waals surface area contributed by atoms with Gasteiger partial charge in [-0.15, -0.1) is 0 Å². The lowest BCUT2D eigenvalue weighted by molar-refractivity contribution is -0.131. The Kier molecular flexibility index (Phi) is 4.87. The fourth-order valence-electron chi connectivity index (χ4n) is 1.52. The van der Waals surface area contributed by atoms with Gasteiger partial charge < -0.3 is 5.11 Å². The van der Waals surface area contributed by atoms with Gasteiger partial charge in [-0.05, 0) is 24.0 Å². The molecule has 0 bridgehead atoms. The second-order valence-electron chi connectivity index (χ2n) is 4.59. The Hall–Kier alpha value is -1.16. The van der Waals surface area contributed by atoms with E-state index in [4.69, 9.17) is 5.11 Å². The van der Waals surface area contributed by atoms with Gasteiger partial charge in [-0.25, -0.2) is 4.79 Å². The monoisotopic (exact) mass is 297 g/mol. The third-order valence-electron chi connectivity index (χ3n) is 2.32. The number of aromatic nitrogens is 1. The Morgan fingerprint density at radius 1 is 1.47 bits per heavy atom. The van der Waals surface area contributed by atoms with E-state index < -0.39 is 5.97 Å². The zero-order chi connectivity index (χ0) is 12.9. The maximum atomic E-state index is 10.5. The summed E-state index contributed by atoms with van der Waals surface area (Å²) >= 11 is 3.37. The van der Waals surface area contributed by atoms with E-state index in [0.717, 1.165) is 23.1 Å². The molecule has 0 unspecified atom stereocenters. The first-order valence-electron chi connectivity index (χ1n) is 5.36. The molecule has 1 aromatic rings. The van der Waals surface area contributed by atoms with Gasteiger partial charge in [0.1, 0.15) is 0 Å². The minimum atomic E-state index is -0.916. The molecule has 0 saturated heterocycles. The Bertz CT molecular complexity index is 427. The van der Waals surface area contributed by atoms with Crippen LogP contribution in [0.1, 0.15) is 25.2 Å². The molecule has 92 valence electrons. The predicted octanol–water partition coefficient (Wildman–Crippen LogP) is 3.19. The molecule has 0 aliphatic heterocycles. The number of hydrogen-bond acceptors (Lipinski definition) is 2. The molecule has 0 spiro atoms. The molecule has 0 fully saturated rings. The maximum absolute atomic E-state index is 10.5. The van der Waals surface area contributed by atoms with Gasteiger partial charge in [-0.1, -0.05) is 41.9 Å². The third kappa shape index (κ3) is 5.13. The second kappa shape index (κ2) is 5.96. The van der Waals surface area contributed by atoms with Gasteiger partial charge in [0.2, 0.25) is 0 Å². The van der Waals surface area contributed by atoms with Crippen molar-refractivity contribution in [1.29, 1.82) is 0 Å². The van der Waals surface area contributed by atoms with E-state index in [1.54, 1.807) is 6.08 Å². The molecule has 0 saturated carbocycles. The molecule has 0 aliphatic carbocycles. The number of carbonyl (C=O) groups is 1. The molecule has 17 heavy (non-hydrogen) atoms. The van der Waals surface area contributed by atoms with Gasteiger partial charge in [0.15, 0.2) is 0 Å². The maximum Gasteiger partial charge on any atom is 0.327 e. The Labute approximate surface area is 110 Å². The summed E-state index contributed by atoms with van der Waals surface area (Å²) in [4.78, 5) is 15.0. The summed E-state index contributed by atoms with van der Waals surface area (Å²) in [7, 11) is 0. The molecular formula is C13H16BrNO2. The van der Waals surface area contributed by atoms with Crippen LogP contribution in [0.2, 0.25) is 0 Å². The van der Waals surface area contributed by atoms with Crippen molar-refractivity contribution >= 4 is 21.9 Å². The first kappa shape index (κ1) is 13.9. The van der Waals surface area contributed by atoms with Crippen LogP contribution in [-0.4, -0.2) is 16.1 Å². The van der Waals surface area contributed by atoms with Crippen molar-refractivity contribution in [2.45, 2.75) is 25.6 Å². The predicted molar refractivity (Wildman–Crippen MR) is 71.1 cm³/mol. The van der Waals surface area contributed by atoms with Crippen LogP contribution in [0.3, 0.4) is 0 Å². The van der Waals surface area contributed by atoms with Crippen LogP contribution in [0.25, 0.3) is 0 Å². The number of carboxylic acid groups (broad SMARTS) is 1. The van der Waals surface area contributed by atoms with Crippen LogP contribution in [0.15, 0.2) is 30.4 Å². The number of hydrogen-bond donors (Lipinski definition) is 1. The van der Waals surface area contributed by atoms with E-state index >= 15 is 0 Å². The average Bonchev–Trinajstić information content (AvgIpc) is 2.26. The Morgan fingerprint density at radius 2 is 2.12 bits per heavy atom. The molecule has 3 nitrogen and oxygen atoms in total. The van der Waals surface area contributed by atoms with Crippen LogP contribution < -0.4 is 0 Å². The van der Waals surface area contributed by atoms with Crippen LogP contribution >= 0.6 is 15.9 Å². The molecule has 0 aromatic carbocycles. The van der Waals surface area contributed by atoms with Gasteiger partial charge in [-0.3, -0.25) is 4.98 Å². The molecule has 0 atom stereocenters. The van der Waals surface area contributed by atoms with Crippen LogP contribution in [0, 0.1) is 5.41 Å². The van der Waals surface area contributed by atoms with E-state index in [9.17, 15) is 4.79 Å². The number of alkyl halides is 1. The van der Waals surface area contributed by atoms with Gasteiger partial charge in [0, 0.05) is 17.1 Å². The first-order valence-corrected chi connectivity index (χ1v) is 6.48. The highest BCUT2D eigenvalue weighted by Gasteiger charge is 2.16. The Balaban J connectivity index is 2.78. The van der Waals surface area contributed by atoms with E-state index in [1.165, 1.54) is 6.08 Å².